The molecular weight excluding hydrogens is 364 g/mol. The smallest absolute Gasteiger partial charge is 0.262 e. The van der Waals surface area contributed by atoms with E-state index in [1.165, 1.54) is 19.2 Å². The van der Waals surface area contributed by atoms with Crippen LogP contribution in [-0.4, -0.2) is 29.9 Å². The molecule has 1 N–H and O–H groups in total. The van der Waals surface area contributed by atoms with Gasteiger partial charge in [0.1, 0.15) is 5.75 Å². The van der Waals surface area contributed by atoms with E-state index in [9.17, 15) is 8.42 Å². The highest BCUT2D eigenvalue weighted by molar-refractivity contribution is 7.92. The van der Waals surface area contributed by atoms with Gasteiger partial charge in [-0.05, 0) is 30.3 Å². The molecule has 0 aliphatic rings. The fourth-order valence-corrected chi connectivity index (χ4v) is 3.78. The Bertz CT molecular complexity index is 1190. The molecule has 7 nitrogen and oxygen atoms in total. The minimum Gasteiger partial charge on any atom is -0.497 e. The Morgan fingerprint density at radius 1 is 1.07 bits per heavy atom. The number of hydrogen-bond donors (Lipinski definition) is 1. The zero-order chi connectivity index (χ0) is 18.9. The third kappa shape index (κ3) is 3.47. The minimum absolute atomic E-state index is 0.129. The molecular formula is C19H16N4O3S. The van der Waals surface area contributed by atoms with E-state index in [1.807, 2.05) is 28.9 Å². The summed E-state index contributed by atoms with van der Waals surface area (Å²) in [6.07, 6.45) is 5.37. The number of ether oxygens (including phenoxy) is 1. The number of rotatable bonds is 5. The van der Waals surface area contributed by atoms with Crippen molar-refractivity contribution in [1.29, 1.82) is 0 Å². The van der Waals surface area contributed by atoms with Crippen molar-refractivity contribution in [3.63, 3.8) is 0 Å². The molecule has 136 valence electrons. The lowest BCUT2D eigenvalue weighted by Gasteiger charge is -2.10. The lowest BCUT2D eigenvalue weighted by molar-refractivity contribution is 0.413. The summed E-state index contributed by atoms with van der Waals surface area (Å²) < 4.78 is 34.8. The van der Waals surface area contributed by atoms with Crippen molar-refractivity contribution in [2.45, 2.75) is 4.90 Å². The van der Waals surface area contributed by atoms with E-state index < -0.39 is 10.0 Å². The van der Waals surface area contributed by atoms with Gasteiger partial charge in [0.25, 0.3) is 10.0 Å². The lowest BCUT2D eigenvalue weighted by Crippen LogP contribution is -2.13. The average Bonchev–Trinajstić information content (AvgIpc) is 3.12. The first-order chi connectivity index (χ1) is 13.0. The quantitative estimate of drug-likeness (QED) is 0.575. The van der Waals surface area contributed by atoms with E-state index in [1.54, 1.807) is 36.5 Å². The second-order valence-corrected chi connectivity index (χ2v) is 7.50. The van der Waals surface area contributed by atoms with Crippen molar-refractivity contribution >= 4 is 21.5 Å². The number of benzene rings is 2. The lowest BCUT2D eigenvalue weighted by atomic mass is 10.1. The molecule has 4 rings (SSSR count). The van der Waals surface area contributed by atoms with Gasteiger partial charge in [-0.1, -0.05) is 18.2 Å². The highest BCUT2D eigenvalue weighted by Gasteiger charge is 2.15. The second-order valence-electron chi connectivity index (χ2n) is 5.82. The standard InChI is InChI=1S/C19H16N4O3S/c1-26-16-7-3-8-17(12-16)27(24,25)22-15-6-2-5-14(11-15)18-13-23-10-4-9-20-19(23)21-18/h2-13,22H,1H3. The number of nitrogens with one attached hydrogen (secondary N) is 1. The van der Waals surface area contributed by atoms with Crippen molar-refractivity contribution < 1.29 is 13.2 Å². The maximum atomic E-state index is 12.7. The number of fused-ring (bicyclic) bond motifs is 1. The van der Waals surface area contributed by atoms with Crippen LogP contribution in [-0.2, 0) is 10.0 Å². The van der Waals surface area contributed by atoms with Gasteiger partial charge >= 0.3 is 0 Å². The summed E-state index contributed by atoms with van der Waals surface area (Å²) in [6, 6.07) is 15.2. The molecule has 0 spiro atoms. The number of imidazole rings is 1. The van der Waals surface area contributed by atoms with Crippen molar-refractivity contribution in [2.75, 3.05) is 11.8 Å². The van der Waals surface area contributed by atoms with Crippen molar-refractivity contribution in [3.05, 3.63) is 73.2 Å². The largest absolute Gasteiger partial charge is 0.497 e. The molecule has 0 saturated heterocycles. The first kappa shape index (κ1) is 17.0. The maximum absolute atomic E-state index is 12.7. The zero-order valence-electron chi connectivity index (χ0n) is 14.4. The normalized spacial score (nSPS) is 11.4. The number of hydrogen-bond acceptors (Lipinski definition) is 5. The third-order valence-corrected chi connectivity index (χ3v) is 5.38. The summed E-state index contributed by atoms with van der Waals surface area (Å²) in [6.45, 7) is 0. The molecule has 0 unspecified atom stereocenters. The van der Waals surface area contributed by atoms with Gasteiger partial charge in [0.15, 0.2) is 0 Å². The van der Waals surface area contributed by atoms with Crippen molar-refractivity contribution in [3.8, 4) is 17.0 Å². The predicted octanol–water partition coefficient (Wildman–Crippen LogP) is 3.21. The Morgan fingerprint density at radius 3 is 2.74 bits per heavy atom. The SMILES string of the molecule is COc1cccc(S(=O)(=O)Nc2cccc(-c3cn4cccnc4n3)c2)c1. The summed E-state index contributed by atoms with van der Waals surface area (Å²) in [7, 11) is -2.25. The summed E-state index contributed by atoms with van der Waals surface area (Å²) in [4.78, 5) is 8.78. The molecule has 0 fully saturated rings. The number of anilines is 1. The van der Waals surface area contributed by atoms with Crippen LogP contribution in [0.5, 0.6) is 5.75 Å². The summed E-state index contributed by atoms with van der Waals surface area (Å²) in [5.74, 6) is 1.05. The van der Waals surface area contributed by atoms with Gasteiger partial charge in [-0.25, -0.2) is 18.4 Å². The zero-order valence-corrected chi connectivity index (χ0v) is 15.2. The Labute approximate surface area is 156 Å². The predicted molar refractivity (Wildman–Crippen MR) is 102 cm³/mol. The summed E-state index contributed by atoms with van der Waals surface area (Å²) in [5, 5.41) is 0. The van der Waals surface area contributed by atoms with E-state index in [2.05, 4.69) is 14.7 Å². The van der Waals surface area contributed by atoms with Gasteiger partial charge in [-0.15, -0.1) is 0 Å². The highest BCUT2D eigenvalue weighted by atomic mass is 32.2. The number of nitrogens with zero attached hydrogens (tertiary/aromatic N) is 3. The van der Waals surface area contributed by atoms with E-state index >= 15 is 0 Å². The Balaban J connectivity index is 1.66. The van der Waals surface area contributed by atoms with Crippen LogP contribution in [0.4, 0.5) is 5.69 Å². The molecule has 0 aliphatic carbocycles. The molecule has 0 atom stereocenters. The van der Waals surface area contributed by atoms with Gasteiger partial charge in [-0.3, -0.25) is 9.12 Å². The molecule has 0 amide bonds. The molecule has 2 aromatic heterocycles. The first-order valence-electron chi connectivity index (χ1n) is 8.12. The summed E-state index contributed by atoms with van der Waals surface area (Å²) >= 11 is 0. The van der Waals surface area contributed by atoms with Gasteiger partial charge in [0, 0.05) is 35.9 Å². The van der Waals surface area contributed by atoms with Crippen LogP contribution in [0.1, 0.15) is 0 Å². The number of aromatic nitrogens is 3. The van der Waals surface area contributed by atoms with Crippen LogP contribution in [0.3, 0.4) is 0 Å². The van der Waals surface area contributed by atoms with Crippen LogP contribution in [0, 0.1) is 0 Å². The number of sulfonamides is 1. The first-order valence-corrected chi connectivity index (χ1v) is 9.60. The fourth-order valence-electron chi connectivity index (χ4n) is 2.69. The van der Waals surface area contributed by atoms with Crippen LogP contribution < -0.4 is 9.46 Å². The Morgan fingerprint density at radius 2 is 1.93 bits per heavy atom. The Hall–Kier alpha value is -3.39. The highest BCUT2D eigenvalue weighted by Crippen LogP contribution is 2.25. The monoisotopic (exact) mass is 380 g/mol. The van der Waals surface area contributed by atoms with Crippen molar-refractivity contribution in [1.82, 2.24) is 14.4 Å². The van der Waals surface area contributed by atoms with E-state index in [-0.39, 0.29) is 4.90 Å². The molecule has 2 heterocycles. The molecule has 0 saturated carbocycles. The van der Waals surface area contributed by atoms with Crippen LogP contribution in [0.15, 0.2) is 78.1 Å². The van der Waals surface area contributed by atoms with E-state index in [0.717, 1.165) is 5.56 Å². The van der Waals surface area contributed by atoms with Crippen LogP contribution in [0.2, 0.25) is 0 Å². The maximum Gasteiger partial charge on any atom is 0.262 e. The summed E-state index contributed by atoms with van der Waals surface area (Å²) in [5.41, 5.74) is 1.93. The van der Waals surface area contributed by atoms with Gasteiger partial charge in [0.05, 0.1) is 17.7 Å². The molecule has 4 aromatic rings. The minimum atomic E-state index is -3.74. The van der Waals surface area contributed by atoms with Gasteiger partial charge in [0.2, 0.25) is 5.78 Å². The van der Waals surface area contributed by atoms with Crippen LogP contribution in [0.25, 0.3) is 17.0 Å². The van der Waals surface area contributed by atoms with Gasteiger partial charge in [-0.2, -0.15) is 0 Å². The van der Waals surface area contributed by atoms with E-state index in [0.29, 0.717) is 22.9 Å². The van der Waals surface area contributed by atoms with E-state index in [4.69, 9.17) is 4.74 Å². The molecule has 8 heteroatoms. The molecule has 0 radical (unpaired) electrons. The number of methoxy groups -OCH3 is 1. The average molecular weight is 380 g/mol. The second kappa shape index (κ2) is 6.73. The molecule has 0 aliphatic heterocycles. The van der Waals surface area contributed by atoms with Crippen LogP contribution >= 0.6 is 0 Å². The van der Waals surface area contributed by atoms with Crippen molar-refractivity contribution in [2.24, 2.45) is 0 Å². The van der Waals surface area contributed by atoms with Gasteiger partial charge < -0.3 is 4.74 Å². The topological polar surface area (TPSA) is 85.6 Å². The molecule has 0 bridgehead atoms. The fraction of sp³-hybridized carbons (Fsp3) is 0.0526. The third-order valence-electron chi connectivity index (χ3n) is 4.00. The molecule has 2 aromatic carbocycles. The Kier molecular flexibility index (Phi) is 4.25. The molecule has 27 heavy (non-hydrogen) atoms.